The predicted octanol–water partition coefficient (Wildman–Crippen LogP) is 5.21. The van der Waals surface area contributed by atoms with Crippen molar-refractivity contribution in [3.8, 4) is 16.9 Å². The average molecular weight is 320 g/mol. The fourth-order valence-corrected chi connectivity index (χ4v) is 2.97. The Kier molecular flexibility index (Phi) is 3.80. The second-order valence-corrected chi connectivity index (χ2v) is 6.99. The van der Waals surface area contributed by atoms with Crippen LogP contribution in [0.1, 0.15) is 36.7 Å². The number of aromatic carboxylic acids is 1. The van der Waals surface area contributed by atoms with Crippen LogP contribution >= 0.6 is 0 Å². The van der Waals surface area contributed by atoms with Crippen molar-refractivity contribution in [2.45, 2.75) is 26.2 Å². The summed E-state index contributed by atoms with van der Waals surface area (Å²) in [5, 5.41) is 20.6. The third-order valence-electron chi connectivity index (χ3n) is 4.32. The van der Waals surface area contributed by atoms with E-state index in [1.807, 2.05) is 12.1 Å². The summed E-state index contributed by atoms with van der Waals surface area (Å²) in [6.45, 7) is 6.51. The standard InChI is InChI=1S/C21H20O3/c1-21(2,3)14-9-7-13(8-10-14)15-5-4-6-17-16(15)11-12-18(22)19(17)20(23)24/h4-12,22H,1-3H3,(H,23,24). The highest BCUT2D eigenvalue weighted by molar-refractivity contribution is 6.10. The molecule has 0 bridgehead atoms. The van der Waals surface area contributed by atoms with Crippen molar-refractivity contribution in [1.82, 2.24) is 0 Å². The zero-order valence-corrected chi connectivity index (χ0v) is 14.0. The molecule has 3 heteroatoms. The van der Waals surface area contributed by atoms with Gasteiger partial charge in [0.25, 0.3) is 0 Å². The molecule has 0 fully saturated rings. The highest BCUT2D eigenvalue weighted by atomic mass is 16.4. The van der Waals surface area contributed by atoms with Crippen LogP contribution in [0.5, 0.6) is 5.75 Å². The topological polar surface area (TPSA) is 57.5 Å². The van der Waals surface area contributed by atoms with Crippen molar-refractivity contribution >= 4 is 16.7 Å². The van der Waals surface area contributed by atoms with E-state index in [4.69, 9.17) is 0 Å². The molecule has 3 rings (SSSR count). The van der Waals surface area contributed by atoms with Crippen molar-refractivity contribution in [2.75, 3.05) is 0 Å². The van der Waals surface area contributed by atoms with E-state index in [2.05, 4.69) is 45.0 Å². The van der Waals surface area contributed by atoms with Crippen molar-refractivity contribution in [2.24, 2.45) is 0 Å². The number of fused-ring (bicyclic) bond motifs is 1. The van der Waals surface area contributed by atoms with Gasteiger partial charge < -0.3 is 10.2 Å². The van der Waals surface area contributed by atoms with Crippen LogP contribution in [-0.2, 0) is 5.41 Å². The number of carboxylic acid groups (broad SMARTS) is 1. The Labute approximate surface area is 141 Å². The van der Waals surface area contributed by atoms with Gasteiger partial charge in [-0.1, -0.05) is 69.3 Å². The summed E-state index contributed by atoms with van der Waals surface area (Å²) in [5.41, 5.74) is 3.25. The number of carbonyl (C=O) groups is 1. The minimum atomic E-state index is -1.13. The van der Waals surface area contributed by atoms with Gasteiger partial charge in [0.2, 0.25) is 0 Å². The minimum Gasteiger partial charge on any atom is -0.507 e. The second-order valence-electron chi connectivity index (χ2n) is 6.99. The molecule has 0 unspecified atom stereocenters. The van der Waals surface area contributed by atoms with Crippen LogP contribution < -0.4 is 0 Å². The molecule has 0 aromatic heterocycles. The Morgan fingerprint density at radius 3 is 2.12 bits per heavy atom. The third-order valence-corrected chi connectivity index (χ3v) is 4.32. The van der Waals surface area contributed by atoms with Gasteiger partial charge in [0, 0.05) is 5.39 Å². The Hall–Kier alpha value is -2.81. The van der Waals surface area contributed by atoms with Crippen LogP contribution in [0.3, 0.4) is 0 Å². The molecule has 2 N–H and O–H groups in total. The van der Waals surface area contributed by atoms with E-state index < -0.39 is 5.97 Å². The summed E-state index contributed by atoms with van der Waals surface area (Å²) in [4.78, 5) is 11.5. The van der Waals surface area contributed by atoms with Gasteiger partial charge in [0.05, 0.1) is 0 Å². The first-order valence-electron chi connectivity index (χ1n) is 7.88. The number of hydrogen-bond donors (Lipinski definition) is 2. The van der Waals surface area contributed by atoms with E-state index in [-0.39, 0.29) is 16.7 Å². The lowest BCUT2D eigenvalue weighted by atomic mass is 9.86. The lowest BCUT2D eigenvalue weighted by Crippen LogP contribution is -2.10. The molecule has 3 nitrogen and oxygen atoms in total. The van der Waals surface area contributed by atoms with Gasteiger partial charge in [0.15, 0.2) is 0 Å². The van der Waals surface area contributed by atoms with E-state index in [9.17, 15) is 15.0 Å². The van der Waals surface area contributed by atoms with Crippen molar-refractivity contribution < 1.29 is 15.0 Å². The van der Waals surface area contributed by atoms with E-state index in [0.29, 0.717) is 5.39 Å². The molecule has 0 aliphatic carbocycles. The van der Waals surface area contributed by atoms with E-state index >= 15 is 0 Å². The number of aromatic hydroxyl groups is 1. The maximum atomic E-state index is 11.5. The monoisotopic (exact) mass is 320 g/mol. The summed E-state index contributed by atoms with van der Waals surface area (Å²) in [5.74, 6) is -1.34. The maximum Gasteiger partial charge on any atom is 0.340 e. The number of phenols is 1. The van der Waals surface area contributed by atoms with Gasteiger partial charge in [0.1, 0.15) is 11.3 Å². The fourth-order valence-electron chi connectivity index (χ4n) is 2.97. The molecule has 24 heavy (non-hydrogen) atoms. The van der Waals surface area contributed by atoms with Crippen molar-refractivity contribution in [3.63, 3.8) is 0 Å². The molecule has 0 saturated heterocycles. The molecule has 0 radical (unpaired) electrons. The van der Waals surface area contributed by atoms with Crippen LogP contribution in [0.25, 0.3) is 21.9 Å². The average Bonchev–Trinajstić information content (AvgIpc) is 2.53. The van der Waals surface area contributed by atoms with E-state index in [1.165, 1.54) is 11.6 Å². The smallest absolute Gasteiger partial charge is 0.340 e. The van der Waals surface area contributed by atoms with Crippen LogP contribution in [0.4, 0.5) is 0 Å². The molecule has 0 aliphatic rings. The lowest BCUT2D eigenvalue weighted by Gasteiger charge is -2.19. The van der Waals surface area contributed by atoms with Gasteiger partial charge in [-0.2, -0.15) is 0 Å². The number of carboxylic acids is 1. The highest BCUT2D eigenvalue weighted by Gasteiger charge is 2.17. The second kappa shape index (κ2) is 5.68. The Morgan fingerprint density at radius 2 is 1.54 bits per heavy atom. The minimum absolute atomic E-state index is 0.0549. The SMILES string of the molecule is CC(C)(C)c1ccc(-c2cccc3c(C(=O)O)c(O)ccc23)cc1. The molecule has 3 aromatic carbocycles. The first-order chi connectivity index (χ1) is 11.3. The highest BCUT2D eigenvalue weighted by Crippen LogP contribution is 2.35. The molecular weight excluding hydrogens is 300 g/mol. The first kappa shape index (κ1) is 16.1. The number of rotatable bonds is 2. The Morgan fingerprint density at radius 1 is 0.875 bits per heavy atom. The number of hydrogen-bond acceptors (Lipinski definition) is 2. The quantitative estimate of drug-likeness (QED) is 0.681. The van der Waals surface area contributed by atoms with Crippen LogP contribution in [0.2, 0.25) is 0 Å². The van der Waals surface area contributed by atoms with Crippen LogP contribution in [-0.4, -0.2) is 16.2 Å². The molecule has 3 aromatic rings. The van der Waals surface area contributed by atoms with E-state index in [1.54, 1.807) is 12.1 Å². The Balaban J connectivity index is 2.21. The normalized spacial score (nSPS) is 11.6. The zero-order valence-electron chi connectivity index (χ0n) is 14.0. The summed E-state index contributed by atoms with van der Waals surface area (Å²) in [6.07, 6.45) is 0. The van der Waals surface area contributed by atoms with Gasteiger partial charge in [-0.3, -0.25) is 0 Å². The van der Waals surface area contributed by atoms with Crippen LogP contribution in [0.15, 0.2) is 54.6 Å². The first-order valence-corrected chi connectivity index (χ1v) is 7.88. The van der Waals surface area contributed by atoms with Gasteiger partial charge in [-0.25, -0.2) is 4.79 Å². The molecule has 0 amide bonds. The molecule has 122 valence electrons. The fraction of sp³-hybridized carbons (Fsp3) is 0.190. The summed E-state index contributed by atoms with van der Waals surface area (Å²) >= 11 is 0. The van der Waals surface area contributed by atoms with Gasteiger partial charge in [-0.05, 0) is 33.6 Å². The summed E-state index contributed by atoms with van der Waals surface area (Å²) in [7, 11) is 0. The zero-order chi connectivity index (χ0) is 17.5. The largest absolute Gasteiger partial charge is 0.507 e. The number of benzene rings is 3. The van der Waals surface area contributed by atoms with Crippen molar-refractivity contribution in [3.05, 3.63) is 65.7 Å². The molecule has 0 atom stereocenters. The maximum absolute atomic E-state index is 11.5. The third kappa shape index (κ3) is 2.73. The summed E-state index contributed by atoms with van der Waals surface area (Å²) in [6, 6.07) is 17.1. The van der Waals surface area contributed by atoms with E-state index in [0.717, 1.165) is 16.5 Å². The van der Waals surface area contributed by atoms with Gasteiger partial charge >= 0.3 is 5.97 Å². The molecule has 0 spiro atoms. The summed E-state index contributed by atoms with van der Waals surface area (Å²) < 4.78 is 0. The molecule has 0 aliphatic heterocycles. The predicted molar refractivity (Wildman–Crippen MR) is 96.7 cm³/mol. The van der Waals surface area contributed by atoms with Crippen LogP contribution in [0, 0.1) is 0 Å². The molecule has 0 heterocycles. The molecule has 0 saturated carbocycles. The van der Waals surface area contributed by atoms with Crippen molar-refractivity contribution in [1.29, 1.82) is 0 Å². The Bertz CT molecular complexity index is 916. The lowest BCUT2D eigenvalue weighted by molar-refractivity contribution is 0.0696. The van der Waals surface area contributed by atoms with Gasteiger partial charge in [-0.15, -0.1) is 0 Å². The molecular formula is C21H20O3.